The van der Waals surface area contributed by atoms with Gasteiger partial charge in [0.2, 0.25) is 5.91 Å². The van der Waals surface area contributed by atoms with Crippen LogP contribution in [0.4, 0.5) is 19.3 Å². The lowest BCUT2D eigenvalue weighted by molar-refractivity contribution is -0.286. The number of alkyl halides is 2. The number of nitrogens with two attached hydrogens (primary N) is 1. The summed E-state index contributed by atoms with van der Waals surface area (Å²) in [4.78, 5) is 22.0. The molecule has 7 nitrogen and oxygen atoms in total. The van der Waals surface area contributed by atoms with Crippen molar-refractivity contribution in [2.24, 2.45) is 5.73 Å². The van der Waals surface area contributed by atoms with Gasteiger partial charge in [0, 0.05) is 11.8 Å². The Labute approximate surface area is 112 Å². The molecular weight excluding hydrogens is 276 g/mol. The lowest BCUT2D eigenvalue weighted by Gasteiger charge is -2.14. The molecule has 3 amide bonds. The molecule has 1 aliphatic rings. The lowest BCUT2D eigenvalue weighted by atomic mass is 10.2. The van der Waals surface area contributed by atoms with Crippen molar-refractivity contribution >= 4 is 17.6 Å². The summed E-state index contributed by atoms with van der Waals surface area (Å²) in [6.07, 6.45) is -3.70. The van der Waals surface area contributed by atoms with E-state index in [2.05, 4.69) is 14.8 Å². The molecule has 0 saturated carbocycles. The summed E-state index contributed by atoms with van der Waals surface area (Å²) in [5, 5.41) is 4.59. The van der Waals surface area contributed by atoms with E-state index in [9.17, 15) is 18.4 Å². The Hall–Kier alpha value is -2.58. The second-order valence-corrected chi connectivity index (χ2v) is 4.05. The summed E-state index contributed by atoms with van der Waals surface area (Å²) in [5.74, 6) is -0.905. The third-order valence-corrected chi connectivity index (χ3v) is 2.42. The van der Waals surface area contributed by atoms with Crippen LogP contribution < -0.4 is 25.8 Å². The first kappa shape index (κ1) is 13.8. The Morgan fingerprint density at radius 1 is 1.30 bits per heavy atom. The second-order valence-electron chi connectivity index (χ2n) is 4.05. The second kappa shape index (κ2) is 4.83. The van der Waals surface area contributed by atoms with Crippen LogP contribution in [-0.2, 0) is 4.79 Å². The van der Waals surface area contributed by atoms with Gasteiger partial charge in [0.05, 0.1) is 0 Å². The number of hydrogen-bond donors (Lipinski definition) is 3. The first-order valence-electron chi connectivity index (χ1n) is 5.53. The SMILES string of the molecule is C[C@H](Nc1ccc2c(c1)OC(F)(F)O2)C(=O)NC(N)=O. The molecule has 0 fully saturated rings. The van der Waals surface area contributed by atoms with Crippen molar-refractivity contribution < 1.29 is 27.8 Å². The molecule has 0 unspecified atom stereocenters. The van der Waals surface area contributed by atoms with Gasteiger partial charge in [0.15, 0.2) is 11.5 Å². The first-order valence-corrected chi connectivity index (χ1v) is 5.53. The molecule has 0 bridgehead atoms. The topological polar surface area (TPSA) is 103 Å². The Kier molecular flexibility index (Phi) is 3.35. The van der Waals surface area contributed by atoms with E-state index in [-0.39, 0.29) is 11.5 Å². The van der Waals surface area contributed by atoms with Gasteiger partial charge < -0.3 is 20.5 Å². The number of amides is 3. The third kappa shape index (κ3) is 3.05. The minimum absolute atomic E-state index is 0.102. The average Bonchev–Trinajstić information content (AvgIpc) is 2.61. The minimum atomic E-state index is -3.70. The van der Waals surface area contributed by atoms with Gasteiger partial charge in [-0.1, -0.05) is 0 Å². The van der Waals surface area contributed by atoms with Gasteiger partial charge in [0.25, 0.3) is 0 Å². The van der Waals surface area contributed by atoms with E-state index in [4.69, 9.17) is 5.73 Å². The maximum absolute atomic E-state index is 12.8. The van der Waals surface area contributed by atoms with Crippen LogP contribution in [0.3, 0.4) is 0 Å². The molecule has 1 atom stereocenters. The lowest BCUT2D eigenvalue weighted by Crippen LogP contribution is -2.43. The van der Waals surface area contributed by atoms with E-state index in [1.54, 1.807) is 0 Å². The van der Waals surface area contributed by atoms with Crippen molar-refractivity contribution in [2.45, 2.75) is 19.3 Å². The van der Waals surface area contributed by atoms with Crippen molar-refractivity contribution in [3.8, 4) is 11.5 Å². The number of fused-ring (bicyclic) bond motifs is 1. The standard InChI is InChI=1S/C11H11F2N3O4/c1-5(9(17)16-10(14)18)15-6-2-3-7-8(4-6)20-11(12,13)19-7/h2-5,15H,1H3,(H3,14,16,17,18)/t5-/m0/s1. The summed E-state index contributed by atoms with van der Waals surface area (Å²) >= 11 is 0. The fourth-order valence-corrected chi connectivity index (χ4v) is 1.58. The van der Waals surface area contributed by atoms with Gasteiger partial charge in [-0.15, -0.1) is 8.78 Å². The summed E-state index contributed by atoms with van der Waals surface area (Å²) in [7, 11) is 0. The number of rotatable bonds is 3. The van der Waals surface area contributed by atoms with Crippen LogP contribution in [0.2, 0.25) is 0 Å². The molecule has 1 heterocycles. The monoisotopic (exact) mass is 287 g/mol. The average molecular weight is 287 g/mol. The molecule has 20 heavy (non-hydrogen) atoms. The van der Waals surface area contributed by atoms with Crippen LogP contribution in [0.5, 0.6) is 11.5 Å². The van der Waals surface area contributed by atoms with Crippen LogP contribution in [0, 0.1) is 0 Å². The summed E-state index contributed by atoms with van der Waals surface area (Å²) in [6, 6.07) is 2.18. The molecule has 4 N–H and O–H groups in total. The molecule has 2 rings (SSSR count). The number of carbonyl (C=O) groups excluding carboxylic acids is 2. The number of ether oxygens (including phenoxy) is 2. The van der Waals surface area contributed by atoms with Crippen molar-refractivity contribution in [3.05, 3.63) is 18.2 Å². The molecule has 0 aliphatic carbocycles. The van der Waals surface area contributed by atoms with E-state index in [1.807, 2.05) is 5.32 Å². The maximum Gasteiger partial charge on any atom is 0.586 e. The van der Waals surface area contributed by atoms with Crippen molar-refractivity contribution in [3.63, 3.8) is 0 Å². The normalized spacial score (nSPS) is 16.4. The minimum Gasteiger partial charge on any atom is -0.395 e. The summed E-state index contributed by atoms with van der Waals surface area (Å²) < 4.78 is 34.1. The van der Waals surface area contributed by atoms with Gasteiger partial charge in [0.1, 0.15) is 6.04 Å². The molecule has 0 saturated heterocycles. The number of primary amides is 1. The van der Waals surface area contributed by atoms with Gasteiger partial charge in [-0.05, 0) is 19.1 Å². The van der Waals surface area contributed by atoms with Gasteiger partial charge in [-0.2, -0.15) is 0 Å². The number of nitrogens with one attached hydrogen (secondary N) is 2. The molecule has 0 radical (unpaired) electrons. The third-order valence-electron chi connectivity index (χ3n) is 2.42. The van der Waals surface area contributed by atoms with Crippen molar-refractivity contribution in [1.82, 2.24) is 5.32 Å². The molecule has 1 aromatic rings. The fraction of sp³-hybridized carbons (Fsp3) is 0.273. The van der Waals surface area contributed by atoms with E-state index < -0.39 is 24.3 Å². The van der Waals surface area contributed by atoms with E-state index in [0.717, 1.165) is 0 Å². The molecule has 108 valence electrons. The zero-order valence-corrected chi connectivity index (χ0v) is 10.3. The molecular formula is C11H11F2N3O4. The number of anilines is 1. The van der Waals surface area contributed by atoms with Crippen LogP contribution in [-0.4, -0.2) is 24.3 Å². The molecule has 1 aromatic carbocycles. The maximum atomic E-state index is 12.8. The molecule has 0 aromatic heterocycles. The van der Waals surface area contributed by atoms with Crippen molar-refractivity contribution in [1.29, 1.82) is 0 Å². The Balaban J connectivity index is 2.05. The summed E-state index contributed by atoms with van der Waals surface area (Å²) in [5.41, 5.74) is 5.15. The van der Waals surface area contributed by atoms with E-state index >= 15 is 0 Å². The number of halogens is 2. The van der Waals surface area contributed by atoms with Gasteiger partial charge in [-0.3, -0.25) is 10.1 Å². The predicted octanol–water partition coefficient (Wildman–Crippen LogP) is 1.00. The van der Waals surface area contributed by atoms with Crippen LogP contribution in [0.15, 0.2) is 18.2 Å². The van der Waals surface area contributed by atoms with Crippen molar-refractivity contribution in [2.75, 3.05) is 5.32 Å². The van der Waals surface area contributed by atoms with E-state index in [1.165, 1.54) is 25.1 Å². The zero-order chi connectivity index (χ0) is 14.9. The quantitative estimate of drug-likeness (QED) is 0.769. The van der Waals surface area contributed by atoms with Crippen LogP contribution >= 0.6 is 0 Å². The van der Waals surface area contributed by atoms with Crippen LogP contribution in [0.1, 0.15) is 6.92 Å². The number of benzene rings is 1. The predicted molar refractivity (Wildman–Crippen MR) is 63.5 cm³/mol. The Bertz CT molecular complexity index is 565. The smallest absolute Gasteiger partial charge is 0.395 e. The zero-order valence-electron chi connectivity index (χ0n) is 10.3. The Morgan fingerprint density at radius 3 is 2.60 bits per heavy atom. The number of urea groups is 1. The number of imide groups is 1. The van der Waals surface area contributed by atoms with Crippen LogP contribution in [0.25, 0.3) is 0 Å². The van der Waals surface area contributed by atoms with Gasteiger partial charge >= 0.3 is 12.3 Å². The highest BCUT2D eigenvalue weighted by Crippen LogP contribution is 2.42. The highest BCUT2D eigenvalue weighted by atomic mass is 19.3. The summed E-state index contributed by atoms with van der Waals surface area (Å²) in [6.45, 7) is 1.47. The first-order chi connectivity index (χ1) is 9.27. The molecule has 0 spiro atoms. The number of carbonyl (C=O) groups is 2. The highest BCUT2D eigenvalue weighted by Gasteiger charge is 2.43. The highest BCUT2D eigenvalue weighted by molar-refractivity contribution is 5.97. The molecule has 1 aliphatic heterocycles. The number of hydrogen-bond acceptors (Lipinski definition) is 5. The Morgan fingerprint density at radius 2 is 1.95 bits per heavy atom. The fourth-order valence-electron chi connectivity index (χ4n) is 1.58. The van der Waals surface area contributed by atoms with Gasteiger partial charge in [-0.25, -0.2) is 4.79 Å². The van der Waals surface area contributed by atoms with E-state index in [0.29, 0.717) is 5.69 Å². The molecule has 9 heteroatoms. The largest absolute Gasteiger partial charge is 0.586 e.